The van der Waals surface area contributed by atoms with Gasteiger partial charge in [-0.05, 0) is 170 Å². The summed E-state index contributed by atoms with van der Waals surface area (Å²) >= 11 is 0. The highest BCUT2D eigenvalue weighted by atomic mass is 15.1. The first-order valence-electron chi connectivity index (χ1n) is 27.6. The van der Waals surface area contributed by atoms with Gasteiger partial charge in [-0.2, -0.15) is 0 Å². The van der Waals surface area contributed by atoms with Crippen LogP contribution < -0.4 is 4.90 Å². The van der Waals surface area contributed by atoms with Gasteiger partial charge in [0, 0.05) is 22.4 Å². The summed E-state index contributed by atoms with van der Waals surface area (Å²) in [4.78, 5) is 2.56. The third-order valence-corrected chi connectivity index (χ3v) is 18.7. The normalized spacial score (nSPS) is 14.8. The molecule has 0 amide bonds. The molecule has 2 spiro atoms. The Kier molecular flexibility index (Phi) is 8.82. The van der Waals surface area contributed by atoms with E-state index in [1.807, 2.05) is 0 Å². The maximum absolute atomic E-state index is 2.56. The molecule has 0 aromatic heterocycles. The molecule has 0 heterocycles. The lowest BCUT2D eigenvalue weighted by atomic mass is 9.70. The highest BCUT2D eigenvalue weighted by Crippen LogP contribution is 2.66. The molecule has 0 radical (unpaired) electrons. The highest BCUT2D eigenvalue weighted by molar-refractivity contribution is 6.02. The monoisotopic (exact) mass is 989 g/mol. The van der Waals surface area contributed by atoms with E-state index in [1.54, 1.807) is 0 Å². The van der Waals surface area contributed by atoms with Gasteiger partial charge in [0.15, 0.2) is 0 Å². The fraction of sp³-hybridized carbons (Fsp3) is 0.0649. The number of anilines is 3. The molecule has 0 fully saturated rings. The fourth-order valence-corrected chi connectivity index (χ4v) is 15.5. The smallest absolute Gasteiger partial charge is 0.0726 e. The topological polar surface area (TPSA) is 3.24 Å². The van der Waals surface area contributed by atoms with E-state index in [1.165, 1.54) is 139 Å². The minimum Gasteiger partial charge on any atom is -0.310 e. The number of fused-ring (bicyclic) bond motifs is 23. The number of benzene rings is 12. The highest BCUT2D eigenvalue weighted by Gasteiger charge is 2.54. The number of hydrogen-bond acceptors (Lipinski definition) is 1. The van der Waals surface area contributed by atoms with Crippen LogP contribution in [-0.2, 0) is 16.2 Å². The lowest BCUT2D eigenvalue weighted by molar-refractivity contribution is 0.660. The molecule has 78 heavy (non-hydrogen) atoms. The van der Waals surface area contributed by atoms with E-state index >= 15 is 0 Å². The van der Waals surface area contributed by atoms with Crippen molar-refractivity contribution in [2.75, 3.05) is 4.90 Å². The summed E-state index contributed by atoms with van der Waals surface area (Å²) in [5.41, 5.74) is 33.8. The zero-order valence-corrected chi connectivity index (χ0v) is 43.4. The predicted octanol–water partition coefficient (Wildman–Crippen LogP) is 19.5. The van der Waals surface area contributed by atoms with E-state index < -0.39 is 10.8 Å². The van der Waals surface area contributed by atoms with Gasteiger partial charge in [-0.15, -0.1) is 0 Å². The third kappa shape index (κ3) is 5.50. The van der Waals surface area contributed by atoms with Gasteiger partial charge in [0.05, 0.1) is 16.5 Å². The molecule has 0 N–H and O–H groups in total. The van der Waals surface area contributed by atoms with E-state index in [4.69, 9.17) is 0 Å². The van der Waals surface area contributed by atoms with Crippen molar-refractivity contribution >= 4 is 17.1 Å². The van der Waals surface area contributed by atoms with Crippen molar-refractivity contribution in [1.82, 2.24) is 0 Å². The summed E-state index contributed by atoms with van der Waals surface area (Å²) in [6, 6.07) is 104. The first kappa shape index (κ1) is 43.7. The van der Waals surface area contributed by atoms with E-state index in [0.717, 1.165) is 11.4 Å². The molecule has 17 rings (SSSR count). The average molecular weight is 990 g/mol. The largest absolute Gasteiger partial charge is 0.310 e. The minimum atomic E-state index is -0.465. The van der Waals surface area contributed by atoms with Gasteiger partial charge in [0.1, 0.15) is 0 Å². The summed E-state index contributed by atoms with van der Waals surface area (Å²) in [7, 11) is 0. The van der Waals surface area contributed by atoms with Gasteiger partial charge in [-0.1, -0.05) is 244 Å². The molecule has 5 aliphatic carbocycles. The second-order valence-corrected chi connectivity index (χ2v) is 22.6. The zero-order chi connectivity index (χ0) is 51.5. The molecule has 0 bridgehead atoms. The van der Waals surface area contributed by atoms with Gasteiger partial charge in [-0.25, -0.2) is 0 Å². The second kappa shape index (κ2) is 15.8. The van der Waals surface area contributed by atoms with Gasteiger partial charge in [0.2, 0.25) is 0 Å². The maximum Gasteiger partial charge on any atom is 0.0726 e. The van der Waals surface area contributed by atoms with E-state index in [-0.39, 0.29) is 5.41 Å². The Morgan fingerprint density at radius 1 is 0.231 bits per heavy atom. The Labute approximate surface area is 456 Å². The van der Waals surface area contributed by atoms with Crippen molar-refractivity contribution in [3.63, 3.8) is 0 Å². The molecule has 1 nitrogen and oxygen atoms in total. The van der Waals surface area contributed by atoms with Crippen molar-refractivity contribution in [1.29, 1.82) is 0 Å². The maximum atomic E-state index is 2.56. The molecule has 0 aliphatic heterocycles. The number of hydrogen-bond donors (Lipinski definition) is 0. The lowest BCUT2D eigenvalue weighted by Crippen LogP contribution is -2.26. The molecule has 0 saturated heterocycles. The van der Waals surface area contributed by atoms with Crippen LogP contribution >= 0.6 is 0 Å². The Morgan fingerprint density at radius 2 is 0.577 bits per heavy atom. The summed E-state index contributed by atoms with van der Waals surface area (Å²) in [6.07, 6.45) is 0. The first-order chi connectivity index (χ1) is 38.5. The van der Waals surface area contributed by atoms with Crippen LogP contribution in [0.5, 0.6) is 0 Å². The van der Waals surface area contributed by atoms with Crippen molar-refractivity contribution < 1.29 is 0 Å². The predicted molar refractivity (Wildman–Crippen MR) is 322 cm³/mol. The van der Waals surface area contributed by atoms with E-state index in [0.29, 0.717) is 0 Å². The molecule has 1 heteroatoms. The molecule has 12 aromatic carbocycles. The van der Waals surface area contributed by atoms with Crippen LogP contribution in [-0.4, -0.2) is 0 Å². The van der Waals surface area contributed by atoms with Crippen molar-refractivity contribution in [2.45, 2.75) is 30.1 Å². The summed E-state index contributed by atoms with van der Waals surface area (Å²) in [5.74, 6) is 0. The molecule has 364 valence electrons. The SMILES string of the molecule is CC1(C)c2cc(-c3ccccc3)ccc2-c2ccc(N(c3ccc(-c4ccc5c(c4)C4(c6ccccc6-c6ccccc64)c4ccccc4-5)cc3)c3cccc4c3-c3ccccc3C43c4ccccc4-c4ccccc43)cc21. The number of nitrogens with zero attached hydrogens (tertiary/aromatic N) is 1. The summed E-state index contributed by atoms with van der Waals surface area (Å²) < 4.78 is 0. The van der Waals surface area contributed by atoms with Crippen LogP contribution in [0.2, 0.25) is 0 Å². The number of rotatable bonds is 5. The van der Waals surface area contributed by atoms with E-state index in [2.05, 4.69) is 292 Å². The lowest BCUT2D eigenvalue weighted by Gasteiger charge is -2.32. The average Bonchev–Trinajstić information content (AvgIpc) is 4.15. The fourth-order valence-electron chi connectivity index (χ4n) is 15.5. The van der Waals surface area contributed by atoms with Gasteiger partial charge in [0.25, 0.3) is 0 Å². The van der Waals surface area contributed by atoms with Gasteiger partial charge < -0.3 is 4.90 Å². The van der Waals surface area contributed by atoms with Crippen LogP contribution in [0.4, 0.5) is 17.1 Å². The summed E-state index contributed by atoms with van der Waals surface area (Å²) in [5, 5.41) is 0. The van der Waals surface area contributed by atoms with Gasteiger partial charge in [-0.3, -0.25) is 0 Å². The Bertz CT molecular complexity index is 4420. The molecule has 0 unspecified atom stereocenters. The van der Waals surface area contributed by atoms with Crippen LogP contribution in [0.25, 0.3) is 77.9 Å². The molecular formula is C77H51N. The van der Waals surface area contributed by atoms with Crippen LogP contribution in [0, 0.1) is 0 Å². The van der Waals surface area contributed by atoms with Crippen molar-refractivity contribution in [3.8, 4) is 77.9 Å². The van der Waals surface area contributed by atoms with Gasteiger partial charge >= 0.3 is 0 Å². The Balaban J connectivity index is 0.857. The zero-order valence-electron chi connectivity index (χ0n) is 43.4. The van der Waals surface area contributed by atoms with E-state index in [9.17, 15) is 0 Å². The summed E-state index contributed by atoms with van der Waals surface area (Å²) in [6.45, 7) is 4.82. The molecule has 5 aliphatic rings. The first-order valence-corrected chi connectivity index (χ1v) is 27.6. The molecule has 0 atom stereocenters. The Morgan fingerprint density at radius 3 is 1.10 bits per heavy atom. The Hall–Kier alpha value is -9.56. The molecule has 12 aromatic rings. The molecule has 0 saturated carbocycles. The van der Waals surface area contributed by atoms with Crippen LogP contribution in [0.15, 0.2) is 273 Å². The quantitative estimate of drug-likeness (QED) is 0.166. The molecular weight excluding hydrogens is 939 g/mol. The third-order valence-electron chi connectivity index (χ3n) is 18.7. The standard InChI is InChI=1S/C77H51N/c1-75(2)70-45-50(48-19-4-3-5-20-48)37-42-59(70)60-44-41-53(47-71(60)75)78(73-34-18-33-69-74(73)62-26-11-17-32-68(62)76(69)63-27-12-6-21-54(63)55-22-7-13-28-64(55)76)52-39-35-49(36-40-52)51-38-43-61-58-25-10-16-31-67(58)77(72(61)46-51)65-29-14-8-23-56(65)57-24-9-15-30-66(57)77/h3-47H,1-2H3. The van der Waals surface area contributed by atoms with Crippen LogP contribution in [0.3, 0.4) is 0 Å². The van der Waals surface area contributed by atoms with Crippen molar-refractivity contribution in [2.24, 2.45) is 0 Å². The second-order valence-electron chi connectivity index (χ2n) is 22.6. The minimum absolute atomic E-state index is 0.238. The van der Waals surface area contributed by atoms with Crippen LogP contribution in [0.1, 0.15) is 69.5 Å². The van der Waals surface area contributed by atoms with Crippen molar-refractivity contribution in [3.05, 3.63) is 329 Å².